The van der Waals surface area contributed by atoms with Crippen LogP contribution in [0, 0.1) is 25.7 Å². The fraction of sp³-hybridized carbons (Fsp3) is 0.250. The number of hydrogen-bond acceptors (Lipinski definition) is 6. The molecule has 2 aromatic heterocycles. The number of thiophene rings is 1. The molecule has 3 N–H and O–H groups in total. The summed E-state index contributed by atoms with van der Waals surface area (Å²) in [5.41, 5.74) is 6.26. The largest absolute Gasteiger partial charge is 0.408 e. The minimum absolute atomic E-state index is 0.0862. The Kier molecular flexibility index (Phi) is 3.94. The lowest BCUT2D eigenvalue weighted by molar-refractivity contribution is 0.102. The number of hydrogen-bond donors (Lipinski definition) is 2. The maximum atomic E-state index is 12.0. The molecule has 98 valence electrons. The van der Waals surface area contributed by atoms with E-state index in [1.165, 1.54) is 11.3 Å². The number of amides is 1. The average molecular weight is 276 g/mol. The standard InChI is InChI=1S/C12H12N4O2S/c1-7-6-10(19-9(7)4-3-5-13)11(17)14-12-16-15-8(2)18-12/h6H,5,13H2,1-2H3,(H,14,16,17). The third kappa shape index (κ3) is 3.19. The first-order chi connectivity index (χ1) is 9.10. The van der Waals surface area contributed by atoms with E-state index in [9.17, 15) is 4.79 Å². The number of carbonyl (C=O) groups is 1. The highest BCUT2D eigenvalue weighted by molar-refractivity contribution is 7.14. The Morgan fingerprint density at radius 1 is 1.53 bits per heavy atom. The van der Waals surface area contributed by atoms with Crippen molar-refractivity contribution >= 4 is 23.3 Å². The van der Waals surface area contributed by atoms with Crippen LogP contribution in [-0.4, -0.2) is 22.6 Å². The smallest absolute Gasteiger partial charge is 0.322 e. The van der Waals surface area contributed by atoms with E-state index >= 15 is 0 Å². The predicted octanol–water partition coefficient (Wildman–Crippen LogP) is 1.31. The molecule has 2 rings (SSSR count). The number of aromatic nitrogens is 2. The molecule has 0 aromatic carbocycles. The molecule has 0 fully saturated rings. The predicted molar refractivity (Wildman–Crippen MR) is 72.0 cm³/mol. The van der Waals surface area contributed by atoms with Crippen molar-refractivity contribution in [3.63, 3.8) is 0 Å². The minimum Gasteiger partial charge on any atom is -0.408 e. The van der Waals surface area contributed by atoms with Crippen molar-refractivity contribution in [2.75, 3.05) is 11.9 Å². The Labute approximate surface area is 114 Å². The molecule has 0 aliphatic heterocycles. The maximum absolute atomic E-state index is 12.0. The fourth-order valence-electron chi connectivity index (χ4n) is 1.36. The third-order valence-electron chi connectivity index (χ3n) is 2.19. The van der Waals surface area contributed by atoms with Crippen LogP contribution in [-0.2, 0) is 0 Å². The van der Waals surface area contributed by atoms with Crippen molar-refractivity contribution < 1.29 is 9.21 Å². The van der Waals surface area contributed by atoms with Crippen molar-refractivity contribution in [1.82, 2.24) is 10.2 Å². The molecular weight excluding hydrogens is 264 g/mol. The van der Waals surface area contributed by atoms with E-state index in [1.54, 1.807) is 13.0 Å². The zero-order valence-corrected chi connectivity index (χ0v) is 11.3. The van der Waals surface area contributed by atoms with E-state index in [0.29, 0.717) is 17.3 Å². The molecule has 0 bridgehead atoms. The van der Waals surface area contributed by atoms with Gasteiger partial charge in [-0.1, -0.05) is 16.9 Å². The molecule has 0 aliphatic rings. The van der Waals surface area contributed by atoms with Crippen LogP contribution in [0.3, 0.4) is 0 Å². The van der Waals surface area contributed by atoms with E-state index in [4.69, 9.17) is 10.2 Å². The lowest BCUT2D eigenvalue weighted by Gasteiger charge is -1.95. The number of aryl methyl sites for hydroxylation is 2. The Morgan fingerprint density at radius 3 is 2.95 bits per heavy atom. The zero-order valence-electron chi connectivity index (χ0n) is 10.5. The second kappa shape index (κ2) is 5.65. The van der Waals surface area contributed by atoms with Crippen LogP contribution >= 0.6 is 11.3 Å². The Morgan fingerprint density at radius 2 is 2.32 bits per heavy atom. The monoisotopic (exact) mass is 276 g/mol. The SMILES string of the molecule is Cc1nnc(NC(=O)c2cc(C)c(C#CCN)s2)o1. The van der Waals surface area contributed by atoms with E-state index < -0.39 is 0 Å². The van der Waals surface area contributed by atoms with E-state index in [1.807, 2.05) is 6.92 Å². The lowest BCUT2D eigenvalue weighted by Crippen LogP contribution is -2.10. The summed E-state index contributed by atoms with van der Waals surface area (Å²) in [6.45, 7) is 3.84. The molecule has 6 nitrogen and oxygen atoms in total. The van der Waals surface area contributed by atoms with E-state index in [-0.39, 0.29) is 11.9 Å². The molecule has 0 aliphatic carbocycles. The highest BCUT2D eigenvalue weighted by Crippen LogP contribution is 2.21. The molecule has 0 spiro atoms. The summed E-state index contributed by atoms with van der Waals surface area (Å²) in [6, 6.07) is 1.85. The van der Waals surface area contributed by atoms with Gasteiger partial charge >= 0.3 is 6.01 Å². The van der Waals surface area contributed by atoms with Gasteiger partial charge in [-0.25, -0.2) is 0 Å². The summed E-state index contributed by atoms with van der Waals surface area (Å²) in [5, 5.41) is 9.87. The first kappa shape index (κ1) is 13.3. The molecule has 0 saturated carbocycles. The van der Waals surface area contributed by atoms with Gasteiger partial charge in [-0.15, -0.1) is 16.4 Å². The van der Waals surface area contributed by atoms with E-state index in [0.717, 1.165) is 10.4 Å². The van der Waals surface area contributed by atoms with Crippen LogP contribution in [0.2, 0.25) is 0 Å². The van der Waals surface area contributed by atoms with Gasteiger partial charge in [-0.2, -0.15) is 0 Å². The number of carbonyl (C=O) groups excluding carboxylic acids is 1. The van der Waals surface area contributed by atoms with Gasteiger partial charge in [-0.05, 0) is 18.6 Å². The van der Waals surface area contributed by atoms with Crippen molar-refractivity contribution in [2.45, 2.75) is 13.8 Å². The van der Waals surface area contributed by atoms with Crippen LogP contribution in [0.15, 0.2) is 10.5 Å². The van der Waals surface area contributed by atoms with Crippen LogP contribution in [0.4, 0.5) is 6.01 Å². The van der Waals surface area contributed by atoms with Gasteiger partial charge in [0.25, 0.3) is 5.91 Å². The van der Waals surface area contributed by atoms with Crippen molar-refractivity contribution in [3.05, 3.63) is 27.3 Å². The van der Waals surface area contributed by atoms with Gasteiger partial charge in [-0.3, -0.25) is 10.1 Å². The summed E-state index contributed by atoms with van der Waals surface area (Å²) >= 11 is 1.30. The van der Waals surface area contributed by atoms with Crippen LogP contribution in [0.5, 0.6) is 0 Å². The van der Waals surface area contributed by atoms with Crippen molar-refractivity contribution in [3.8, 4) is 11.8 Å². The summed E-state index contributed by atoms with van der Waals surface area (Å²) in [6.07, 6.45) is 0. The van der Waals surface area contributed by atoms with Crippen molar-refractivity contribution in [2.24, 2.45) is 5.73 Å². The van der Waals surface area contributed by atoms with Crippen molar-refractivity contribution in [1.29, 1.82) is 0 Å². The third-order valence-corrected chi connectivity index (χ3v) is 3.34. The fourth-order valence-corrected chi connectivity index (χ4v) is 2.30. The second-order valence-electron chi connectivity index (χ2n) is 3.71. The number of nitrogens with zero attached hydrogens (tertiary/aromatic N) is 2. The molecular formula is C12H12N4O2S. The molecule has 0 atom stereocenters. The first-order valence-electron chi connectivity index (χ1n) is 5.51. The average Bonchev–Trinajstić information content (AvgIpc) is 2.93. The van der Waals surface area contributed by atoms with Crippen LogP contribution < -0.4 is 11.1 Å². The summed E-state index contributed by atoms with van der Waals surface area (Å²) in [5.74, 6) is 5.80. The number of nitrogens with two attached hydrogens (primary N) is 1. The molecule has 7 heteroatoms. The minimum atomic E-state index is -0.294. The molecule has 19 heavy (non-hydrogen) atoms. The van der Waals surface area contributed by atoms with Gasteiger partial charge in [0.15, 0.2) is 0 Å². The Hall–Kier alpha value is -2.17. The van der Waals surface area contributed by atoms with Gasteiger partial charge in [0.1, 0.15) is 0 Å². The van der Waals surface area contributed by atoms with Crippen LogP contribution in [0.25, 0.3) is 0 Å². The highest BCUT2D eigenvalue weighted by Gasteiger charge is 2.14. The first-order valence-corrected chi connectivity index (χ1v) is 6.32. The summed E-state index contributed by atoms with van der Waals surface area (Å²) in [7, 11) is 0. The van der Waals surface area contributed by atoms with Gasteiger partial charge < -0.3 is 10.2 Å². The normalized spacial score (nSPS) is 9.84. The van der Waals surface area contributed by atoms with Gasteiger partial charge in [0.05, 0.1) is 16.3 Å². The number of nitrogens with one attached hydrogen (secondary N) is 1. The molecule has 2 aromatic rings. The van der Waals surface area contributed by atoms with Gasteiger partial charge in [0.2, 0.25) is 5.89 Å². The molecule has 1 amide bonds. The number of anilines is 1. The maximum Gasteiger partial charge on any atom is 0.322 e. The quantitative estimate of drug-likeness (QED) is 0.806. The molecule has 0 radical (unpaired) electrons. The van der Waals surface area contributed by atoms with Gasteiger partial charge in [0, 0.05) is 6.92 Å². The zero-order chi connectivity index (χ0) is 13.8. The summed E-state index contributed by atoms with van der Waals surface area (Å²) in [4.78, 5) is 13.3. The number of rotatable bonds is 2. The summed E-state index contributed by atoms with van der Waals surface area (Å²) < 4.78 is 5.08. The highest BCUT2D eigenvalue weighted by atomic mass is 32.1. The second-order valence-corrected chi connectivity index (χ2v) is 4.76. The Balaban J connectivity index is 2.15. The lowest BCUT2D eigenvalue weighted by atomic mass is 10.2. The molecule has 0 unspecified atom stereocenters. The van der Waals surface area contributed by atoms with E-state index in [2.05, 4.69) is 27.4 Å². The molecule has 2 heterocycles. The Bertz CT molecular complexity index is 663. The van der Waals surface area contributed by atoms with Crippen LogP contribution in [0.1, 0.15) is 26.0 Å². The topological polar surface area (TPSA) is 94.0 Å². The molecule has 0 saturated heterocycles.